The van der Waals surface area contributed by atoms with E-state index in [1.807, 2.05) is 18.2 Å². The van der Waals surface area contributed by atoms with Gasteiger partial charge in [0, 0.05) is 6.04 Å². The van der Waals surface area contributed by atoms with Crippen LogP contribution in [-0.2, 0) is 0 Å². The molecule has 4 aliphatic rings. The van der Waals surface area contributed by atoms with Crippen LogP contribution in [0.25, 0.3) is 0 Å². The number of nitrogens with zero attached hydrogens (tertiary/aromatic N) is 1. The molecule has 5 rings (SSSR count). The van der Waals surface area contributed by atoms with Gasteiger partial charge >= 0.3 is 0 Å². The molecule has 4 heterocycles. The topological polar surface area (TPSA) is 30.9 Å². The Bertz CT molecular complexity index is 483. The molecule has 0 radical (unpaired) electrons. The summed E-state index contributed by atoms with van der Waals surface area (Å²) in [6.07, 6.45) is 4.02. The van der Waals surface area contributed by atoms with Gasteiger partial charge in [-0.3, -0.25) is 4.90 Å². The number of para-hydroxylation sites is 1. The van der Waals surface area contributed by atoms with E-state index in [0.29, 0.717) is 19.3 Å². The Morgan fingerprint density at radius 3 is 2.80 bits per heavy atom. The molecular weight excluding hydrogens is 254 g/mol. The van der Waals surface area contributed by atoms with Crippen molar-refractivity contribution >= 4 is 0 Å². The second-order valence-corrected chi connectivity index (χ2v) is 5.96. The highest BCUT2D eigenvalue weighted by Crippen LogP contribution is 2.39. The van der Waals surface area contributed by atoms with Gasteiger partial charge in [-0.25, -0.2) is 0 Å². The summed E-state index contributed by atoms with van der Waals surface area (Å²) in [5, 5.41) is 0. The van der Waals surface area contributed by atoms with Gasteiger partial charge in [0.15, 0.2) is 11.5 Å². The molecular formula is C16H21NO3. The molecule has 3 fully saturated rings. The fourth-order valence-electron chi connectivity index (χ4n) is 3.61. The molecule has 1 aromatic carbocycles. The van der Waals surface area contributed by atoms with Crippen molar-refractivity contribution in [1.29, 1.82) is 0 Å². The third-order valence-corrected chi connectivity index (χ3v) is 4.73. The van der Waals surface area contributed by atoms with Crippen LogP contribution in [0.3, 0.4) is 0 Å². The van der Waals surface area contributed by atoms with E-state index in [0.717, 1.165) is 29.8 Å². The largest absolute Gasteiger partial charge is 0.488 e. The van der Waals surface area contributed by atoms with E-state index in [-0.39, 0.29) is 0 Å². The summed E-state index contributed by atoms with van der Waals surface area (Å²) >= 11 is 0. The van der Waals surface area contributed by atoms with Crippen LogP contribution in [0, 0.1) is 5.92 Å². The van der Waals surface area contributed by atoms with Crippen molar-refractivity contribution in [2.45, 2.75) is 25.3 Å². The number of ether oxygens (including phenoxy) is 3. The fourth-order valence-corrected chi connectivity index (χ4v) is 3.61. The molecule has 1 aromatic rings. The predicted molar refractivity (Wildman–Crippen MR) is 75.6 cm³/mol. The number of piperidine rings is 3. The average Bonchev–Trinajstić information content (AvgIpc) is 2.54. The van der Waals surface area contributed by atoms with E-state index in [9.17, 15) is 0 Å². The van der Waals surface area contributed by atoms with Gasteiger partial charge in [-0.2, -0.15) is 0 Å². The van der Waals surface area contributed by atoms with Crippen LogP contribution >= 0.6 is 0 Å². The Balaban J connectivity index is 1.45. The van der Waals surface area contributed by atoms with Crippen molar-refractivity contribution in [3.63, 3.8) is 0 Å². The molecule has 0 N–H and O–H groups in total. The van der Waals surface area contributed by atoms with Crippen LogP contribution in [0.15, 0.2) is 18.2 Å². The van der Waals surface area contributed by atoms with Gasteiger partial charge in [-0.1, -0.05) is 6.07 Å². The molecule has 20 heavy (non-hydrogen) atoms. The highest BCUT2D eigenvalue weighted by Gasteiger charge is 2.34. The van der Waals surface area contributed by atoms with E-state index in [4.69, 9.17) is 14.2 Å². The van der Waals surface area contributed by atoms with Crippen LogP contribution in [0.2, 0.25) is 0 Å². The Morgan fingerprint density at radius 1 is 1.15 bits per heavy atom. The predicted octanol–water partition coefficient (Wildman–Crippen LogP) is 2.32. The lowest BCUT2D eigenvalue weighted by atomic mass is 9.83. The minimum absolute atomic E-state index is 0.572. The zero-order valence-electron chi connectivity index (χ0n) is 11.7. The van der Waals surface area contributed by atoms with Crippen molar-refractivity contribution in [2.75, 3.05) is 32.9 Å². The van der Waals surface area contributed by atoms with Gasteiger partial charge in [-0.15, -0.1) is 0 Å². The highest BCUT2D eigenvalue weighted by atomic mass is 16.6. The van der Waals surface area contributed by atoms with Crippen LogP contribution in [0.1, 0.15) is 19.3 Å². The molecule has 4 heteroatoms. The lowest BCUT2D eigenvalue weighted by Gasteiger charge is -2.45. The molecule has 1 atom stereocenters. The van der Waals surface area contributed by atoms with Gasteiger partial charge in [-0.05, 0) is 50.4 Å². The van der Waals surface area contributed by atoms with Gasteiger partial charge in [0.2, 0.25) is 5.75 Å². The summed E-state index contributed by atoms with van der Waals surface area (Å²) in [5.74, 6) is 3.32. The summed E-state index contributed by atoms with van der Waals surface area (Å²) in [6, 6.07) is 6.45. The Kier molecular flexibility index (Phi) is 3.19. The quantitative estimate of drug-likeness (QED) is 0.847. The number of rotatable bonds is 3. The normalized spacial score (nSPS) is 31.1. The number of hydrogen-bond acceptors (Lipinski definition) is 4. The summed E-state index contributed by atoms with van der Waals surface area (Å²) < 4.78 is 17.3. The summed E-state index contributed by atoms with van der Waals surface area (Å²) in [4.78, 5) is 2.58. The number of benzene rings is 1. The first-order valence-electron chi connectivity index (χ1n) is 7.65. The highest BCUT2D eigenvalue weighted by molar-refractivity contribution is 5.51. The van der Waals surface area contributed by atoms with Crippen molar-refractivity contribution in [2.24, 2.45) is 5.92 Å². The van der Waals surface area contributed by atoms with Crippen LogP contribution in [0.4, 0.5) is 0 Å². The van der Waals surface area contributed by atoms with Crippen molar-refractivity contribution < 1.29 is 14.2 Å². The maximum Gasteiger partial charge on any atom is 0.203 e. The molecule has 3 saturated heterocycles. The molecule has 0 amide bonds. The Morgan fingerprint density at radius 2 is 2.00 bits per heavy atom. The van der Waals surface area contributed by atoms with Crippen molar-refractivity contribution in [3.05, 3.63) is 18.2 Å². The van der Waals surface area contributed by atoms with Crippen molar-refractivity contribution in [3.8, 4) is 17.2 Å². The third kappa shape index (κ3) is 2.22. The van der Waals surface area contributed by atoms with E-state index < -0.39 is 0 Å². The van der Waals surface area contributed by atoms with E-state index in [1.165, 1.54) is 32.4 Å². The first-order chi connectivity index (χ1) is 9.90. The zero-order valence-corrected chi connectivity index (χ0v) is 11.7. The van der Waals surface area contributed by atoms with Crippen LogP contribution < -0.4 is 14.2 Å². The van der Waals surface area contributed by atoms with Crippen LogP contribution in [-0.4, -0.2) is 43.9 Å². The summed E-state index contributed by atoms with van der Waals surface area (Å²) in [5.41, 5.74) is 0. The summed E-state index contributed by atoms with van der Waals surface area (Å²) in [7, 11) is 0. The van der Waals surface area contributed by atoms with Gasteiger partial charge in [0.25, 0.3) is 0 Å². The first-order valence-corrected chi connectivity index (χ1v) is 7.65. The standard InChI is InChI=1S/C16H21NO3/c1-2-14-16(19-9-8-18-14)15(3-1)20-11-13-10-12-4-6-17(13)7-5-12/h1-3,12-13H,4-11H2. The molecule has 0 spiro atoms. The molecule has 4 aliphatic heterocycles. The van der Waals surface area contributed by atoms with Crippen LogP contribution in [0.5, 0.6) is 17.2 Å². The zero-order chi connectivity index (χ0) is 13.4. The molecule has 1 unspecified atom stereocenters. The second-order valence-electron chi connectivity index (χ2n) is 5.96. The number of fused-ring (bicyclic) bond motifs is 4. The monoisotopic (exact) mass is 275 g/mol. The lowest BCUT2D eigenvalue weighted by molar-refractivity contribution is 0.0227. The molecule has 2 bridgehead atoms. The van der Waals surface area contributed by atoms with E-state index in [2.05, 4.69) is 4.90 Å². The second kappa shape index (κ2) is 5.17. The van der Waals surface area contributed by atoms with Gasteiger partial charge in [0.05, 0.1) is 0 Å². The minimum Gasteiger partial charge on any atom is -0.488 e. The Labute approximate surface area is 119 Å². The summed E-state index contributed by atoms with van der Waals surface area (Å²) in [6.45, 7) is 4.46. The smallest absolute Gasteiger partial charge is 0.203 e. The number of hydrogen-bond donors (Lipinski definition) is 0. The van der Waals surface area contributed by atoms with Gasteiger partial charge < -0.3 is 14.2 Å². The first kappa shape index (κ1) is 12.3. The maximum absolute atomic E-state index is 6.05. The molecule has 0 aromatic heterocycles. The fraction of sp³-hybridized carbons (Fsp3) is 0.625. The van der Waals surface area contributed by atoms with Gasteiger partial charge in [0.1, 0.15) is 19.8 Å². The Hall–Kier alpha value is -1.42. The van der Waals surface area contributed by atoms with E-state index >= 15 is 0 Å². The third-order valence-electron chi connectivity index (χ3n) is 4.73. The van der Waals surface area contributed by atoms with E-state index in [1.54, 1.807) is 0 Å². The minimum atomic E-state index is 0.572. The SMILES string of the molecule is c1cc2c(c(OCC3CC4CCN3CC4)c1)OCCO2. The molecule has 4 nitrogen and oxygen atoms in total. The maximum atomic E-state index is 6.05. The molecule has 0 saturated carbocycles. The molecule has 0 aliphatic carbocycles. The lowest BCUT2D eigenvalue weighted by Crippen LogP contribution is -2.51. The van der Waals surface area contributed by atoms with Crippen molar-refractivity contribution in [1.82, 2.24) is 4.90 Å². The average molecular weight is 275 g/mol. The molecule has 108 valence electrons.